The minimum Gasteiger partial charge on any atom is -0.267 e. The summed E-state index contributed by atoms with van der Waals surface area (Å²) in [5.74, 6) is 0.242. The van der Waals surface area contributed by atoms with Crippen LogP contribution < -0.4 is 5.43 Å². The molecule has 0 aliphatic heterocycles. The van der Waals surface area contributed by atoms with E-state index in [2.05, 4.69) is 48.6 Å². The van der Waals surface area contributed by atoms with Gasteiger partial charge >= 0.3 is 0 Å². The molecule has 3 aromatic rings. The number of hydrogen-bond donors (Lipinski definition) is 1. The maximum Gasteiger partial charge on any atom is 0.271 e. The average Bonchev–Trinajstić information content (AvgIpc) is 2.72. The molecule has 3 aromatic carbocycles. The monoisotopic (exact) mass is 356 g/mol. The minimum atomic E-state index is -0.203. The second-order valence-electron chi connectivity index (χ2n) is 6.86. The number of nitrogens with one attached hydrogen (secondary N) is 1. The van der Waals surface area contributed by atoms with Gasteiger partial charge in [0.15, 0.2) is 0 Å². The topological polar surface area (TPSA) is 41.5 Å². The summed E-state index contributed by atoms with van der Waals surface area (Å²) in [5.41, 5.74) is 8.53. The zero-order valence-corrected chi connectivity index (χ0v) is 15.9. The predicted octanol–water partition coefficient (Wildman–Crippen LogP) is 5.63. The smallest absolute Gasteiger partial charge is 0.267 e. The highest BCUT2D eigenvalue weighted by Gasteiger charge is 2.06. The number of nitrogens with zero attached hydrogens (tertiary/aromatic N) is 1. The third kappa shape index (κ3) is 4.70. The summed E-state index contributed by atoms with van der Waals surface area (Å²) in [6.07, 6.45) is 0. The number of hydrogen-bond acceptors (Lipinski definition) is 2. The highest BCUT2D eigenvalue weighted by Crippen LogP contribution is 2.19. The van der Waals surface area contributed by atoms with Gasteiger partial charge in [0.05, 0.1) is 5.71 Å². The fraction of sp³-hybridized carbons (Fsp3) is 0.167. The summed E-state index contributed by atoms with van der Waals surface area (Å²) in [6, 6.07) is 26.0. The minimum absolute atomic E-state index is 0.203. The van der Waals surface area contributed by atoms with Gasteiger partial charge in [0, 0.05) is 5.56 Å². The van der Waals surface area contributed by atoms with Crippen LogP contribution in [0.25, 0.3) is 11.1 Å². The number of amides is 1. The van der Waals surface area contributed by atoms with Crippen LogP contribution in [0.5, 0.6) is 0 Å². The molecule has 0 aromatic heterocycles. The molecule has 1 amide bonds. The average molecular weight is 356 g/mol. The van der Waals surface area contributed by atoms with E-state index >= 15 is 0 Å². The molecule has 0 bridgehead atoms. The number of rotatable bonds is 5. The standard InChI is InChI=1S/C24H24N2O/c1-17(2)19-9-15-23(16-10-19)24(27)26-25-18(3)20-11-13-22(14-12-20)21-7-5-4-6-8-21/h4-17H,1-3H3,(H,26,27). The summed E-state index contributed by atoms with van der Waals surface area (Å²) < 4.78 is 0. The van der Waals surface area contributed by atoms with Crippen molar-refractivity contribution in [3.63, 3.8) is 0 Å². The summed E-state index contributed by atoms with van der Waals surface area (Å²) in [5, 5.41) is 4.25. The zero-order chi connectivity index (χ0) is 19.2. The SMILES string of the molecule is CC(=NNC(=O)c1ccc(C(C)C)cc1)c1ccc(-c2ccccc2)cc1. The van der Waals surface area contributed by atoms with Crippen molar-refractivity contribution in [3.05, 3.63) is 95.6 Å². The molecule has 0 radical (unpaired) electrons. The summed E-state index contributed by atoms with van der Waals surface area (Å²) in [7, 11) is 0. The molecule has 0 fully saturated rings. The molecule has 0 aliphatic rings. The number of carbonyl (C=O) groups excluding carboxylic acids is 1. The molecule has 0 heterocycles. The number of benzene rings is 3. The normalized spacial score (nSPS) is 11.5. The Hall–Kier alpha value is -3.20. The largest absolute Gasteiger partial charge is 0.271 e. The van der Waals surface area contributed by atoms with Crippen molar-refractivity contribution < 1.29 is 4.79 Å². The van der Waals surface area contributed by atoms with Gasteiger partial charge in [-0.3, -0.25) is 4.79 Å². The van der Waals surface area contributed by atoms with Gasteiger partial charge in [-0.05, 0) is 47.2 Å². The van der Waals surface area contributed by atoms with Crippen LogP contribution in [-0.4, -0.2) is 11.6 Å². The highest BCUT2D eigenvalue weighted by atomic mass is 16.2. The Balaban J connectivity index is 1.67. The van der Waals surface area contributed by atoms with Crippen LogP contribution in [-0.2, 0) is 0 Å². The molecule has 0 aliphatic carbocycles. The summed E-state index contributed by atoms with van der Waals surface area (Å²) in [4.78, 5) is 12.3. The van der Waals surface area contributed by atoms with Crippen LogP contribution >= 0.6 is 0 Å². The molecule has 1 N–H and O–H groups in total. The Morgan fingerprint density at radius 1 is 0.778 bits per heavy atom. The van der Waals surface area contributed by atoms with Crippen molar-refractivity contribution in [2.24, 2.45) is 5.10 Å². The lowest BCUT2D eigenvalue weighted by Gasteiger charge is -2.07. The lowest BCUT2D eigenvalue weighted by Crippen LogP contribution is -2.19. The van der Waals surface area contributed by atoms with E-state index in [4.69, 9.17) is 0 Å². The van der Waals surface area contributed by atoms with Crippen molar-refractivity contribution in [1.82, 2.24) is 5.43 Å². The maximum absolute atomic E-state index is 12.3. The quantitative estimate of drug-likeness (QED) is 0.467. The van der Waals surface area contributed by atoms with Crippen LogP contribution in [0, 0.1) is 0 Å². The van der Waals surface area contributed by atoms with E-state index in [1.165, 1.54) is 11.1 Å². The van der Waals surface area contributed by atoms with E-state index in [1.807, 2.05) is 61.5 Å². The predicted molar refractivity (Wildman–Crippen MR) is 112 cm³/mol. The molecule has 0 spiro atoms. The zero-order valence-electron chi connectivity index (χ0n) is 15.9. The van der Waals surface area contributed by atoms with Gasteiger partial charge < -0.3 is 0 Å². The number of hydrazone groups is 1. The van der Waals surface area contributed by atoms with Crippen LogP contribution in [0.15, 0.2) is 84.0 Å². The molecule has 3 rings (SSSR count). The van der Waals surface area contributed by atoms with Gasteiger partial charge in [-0.1, -0.05) is 80.6 Å². The van der Waals surface area contributed by atoms with E-state index in [1.54, 1.807) is 0 Å². The first-order valence-corrected chi connectivity index (χ1v) is 9.15. The van der Waals surface area contributed by atoms with Gasteiger partial charge in [-0.2, -0.15) is 5.10 Å². The van der Waals surface area contributed by atoms with E-state index in [0.29, 0.717) is 11.5 Å². The third-order valence-corrected chi connectivity index (χ3v) is 4.57. The lowest BCUT2D eigenvalue weighted by atomic mass is 10.0. The number of carbonyl (C=O) groups is 1. The van der Waals surface area contributed by atoms with Crippen molar-refractivity contribution in [1.29, 1.82) is 0 Å². The van der Waals surface area contributed by atoms with Crippen molar-refractivity contribution in [3.8, 4) is 11.1 Å². The van der Waals surface area contributed by atoms with Gasteiger partial charge in [-0.15, -0.1) is 0 Å². The lowest BCUT2D eigenvalue weighted by molar-refractivity contribution is 0.0955. The van der Waals surface area contributed by atoms with Crippen molar-refractivity contribution in [2.45, 2.75) is 26.7 Å². The van der Waals surface area contributed by atoms with Crippen LogP contribution in [0.2, 0.25) is 0 Å². The first-order valence-electron chi connectivity index (χ1n) is 9.15. The molecular weight excluding hydrogens is 332 g/mol. The molecular formula is C24H24N2O. The van der Waals surface area contributed by atoms with Gasteiger partial charge in [-0.25, -0.2) is 5.43 Å². The second-order valence-corrected chi connectivity index (χ2v) is 6.86. The Bertz CT molecular complexity index is 924. The van der Waals surface area contributed by atoms with E-state index in [0.717, 1.165) is 16.8 Å². The Labute approximate surface area is 160 Å². The summed E-state index contributed by atoms with van der Waals surface area (Å²) >= 11 is 0. The van der Waals surface area contributed by atoms with E-state index in [9.17, 15) is 4.79 Å². The molecule has 136 valence electrons. The fourth-order valence-corrected chi connectivity index (χ4v) is 2.82. The fourth-order valence-electron chi connectivity index (χ4n) is 2.82. The maximum atomic E-state index is 12.3. The molecule has 0 atom stereocenters. The Kier molecular flexibility index (Phi) is 5.82. The highest BCUT2D eigenvalue weighted by molar-refractivity contribution is 6.01. The molecule has 27 heavy (non-hydrogen) atoms. The van der Waals surface area contributed by atoms with E-state index < -0.39 is 0 Å². The van der Waals surface area contributed by atoms with Gasteiger partial charge in [0.25, 0.3) is 5.91 Å². The first kappa shape index (κ1) is 18.6. The molecule has 0 saturated carbocycles. The summed E-state index contributed by atoms with van der Waals surface area (Å²) in [6.45, 7) is 6.15. The van der Waals surface area contributed by atoms with Crippen LogP contribution in [0.1, 0.15) is 48.2 Å². The molecule has 0 unspecified atom stereocenters. The second kappa shape index (κ2) is 8.45. The molecule has 0 saturated heterocycles. The van der Waals surface area contributed by atoms with Gasteiger partial charge in [0.2, 0.25) is 0 Å². The molecule has 3 nitrogen and oxygen atoms in total. The van der Waals surface area contributed by atoms with Crippen molar-refractivity contribution >= 4 is 11.6 Å². The van der Waals surface area contributed by atoms with Crippen molar-refractivity contribution in [2.75, 3.05) is 0 Å². The first-order chi connectivity index (χ1) is 13.0. The van der Waals surface area contributed by atoms with Crippen LogP contribution in [0.3, 0.4) is 0 Å². The van der Waals surface area contributed by atoms with Gasteiger partial charge in [0.1, 0.15) is 0 Å². The Morgan fingerprint density at radius 3 is 1.93 bits per heavy atom. The van der Waals surface area contributed by atoms with E-state index in [-0.39, 0.29) is 5.91 Å². The molecule has 3 heteroatoms. The Morgan fingerprint density at radius 2 is 1.33 bits per heavy atom. The van der Waals surface area contributed by atoms with Crippen LogP contribution in [0.4, 0.5) is 0 Å². The third-order valence-electron chi connectivity index (χ3n) is 4.57.